The molecule has 1 aromatic carbocycles. The van der Waals surface area contributed by atoms with Crippen LogP contribution in [0.1, 0.15) is 41.6 Å². The van der Waals surface area contributed by atoms with Crippen LogP contribution in [0.2, 0.25) is 0 Å². The van der Waals surface area contributed by atoms with E-state index in [4.69, 9.17) is 9.72 Å². The average molecular weight is 493 g/mol. The van der Waals surface area contributed by atoms with Crippen molar-refractivity contribution >= 4 is 28.7 Å². The van der Waals surface area contributed by atoms with E-state index in [2.05, 4.69) is 15.7 Å². The fourth-order valence-electron chi connectivity index (χ4n) is 5.00. The molecule has 9 nitrogen and oxygen atoms in total. The van der Waals surface area contributed by atoms with Crippen LogP contribution in [0.4, 0.5) is 10.5 Å². The van der Waals surface area contributed by atoms with Gasteiger partial charge in [-0.3, -0.25) is 4.79 Å². The summed E-state index contributed by atoms with van der Waals surface area (Å²) >= 11 is 0. The summed E-state index contributed by atoms with van der Waals surface area (Å²) in [6.45, 7) is 8.00. The van der Waals surface area contributed by atoms with Crippen molar-refractivity contribution in [3.63, 3.8) is 0 Å². The van der Waals surface area contributed by atoms with Crippen LogP contribution in [-0.4, -0.2) is 58.3 Å². The van der Waals surface area contributed by atoms with Crippen molar-refractivity contribution in [3.05, 3.63) is 46.6 Å². The van der Waals surface area contributed by atoms with Crippen LogP contribution < -0.4 is 15.4 Å². The number of piperidine rings is 1. The predicted molar refractivity (Wildman–Crippen MR) is 140 cm³/mol. The van der Waals surface area contributed by atoms with Gasteiger partial charge in [0.05, 0.1) is 12.5 Å². The summed E-state index contributed by atoms with van der Waals surface area (Å²) in [6.07, 6.45) is 2.98. The molecule has 3 amide bonds. The standard InChI is InChI=1S/C27H36N6O3/c1-17-8-10-21(11-9-17)30-27(35)28-15-20-7-6-14-33(16-20)23(34)13-12-22-18(2)24-25(29-19(22)3)32(4)31-26(24)36-5/h8-11,20H,6-7,12-16H2,1-5H3,(H2,28,30,35). The number of amides is 3. The number of ether oxygens (including phenoxy) is 1. The minimum absolute atomic E-state index is 0.140. The number of methoxy groups -OCH3 is 1. The Bertz CT molecular complexity index is 1250. The Morgan fingerprint density at radius 3 is 2.64 bits per heavy atom. The fourth-order valence-corrected chi connectivity index (χ4v) is 5.00. The molecule has 1 saturated heterocycles. The van der Waals surface area contributed by atoms with Crippen LogP contribution in [0.3, 0.4) is 0 Å². The van der Waals surface area contributed by atoms with Crippen LogP contribution in [0, 0.1) is 26.7 Å². The monoisotopic (exact) mass is 492 g/mol. The first-order chi connectivity index (χ1) is 17.3. The number of anilines is 1. The van der Waals surface area contributed by atoms with Crippen LogP contribution in [0.5, 0.6) is 5.88 Å². The van der Waals surface area contributed by atoms with Crippen molar-refractivity contribution < 1.29 is 14.3 Å². The Morgan fingerprint density at radius 1 is 1.17 bits per heavy atom. The molecule has 3 aromatic rings. The molecule has 1 fully saturated rings. The van der Waals surface area contributed by atoms with E-state index in [1.807, 2.05) is 57.0 Å². The van der Waals surface area contributed by atoms with E-state index in [0.29, 0.717) is 31.8 Å². The van der Waals surface area contributed by atoms with Crippen molar-refractivity contribution in [1.29, 1.82) is 0 Å². The Hall–Kier alpha value is -3.62. The molecule has 1 aliphatic rings. The zero-order chi connectivity index (χ0) is 25.8. The lowest BCUT2D eigenvalue weighted by Gasteiger charge is -2.33. The van der Waals surface area contributed by atoms with E-state index < -0.39 is 0 Å². The normalized spacial score (nSPS) is 15.7. The van der Waals surface area contributed by atoms with Crippen molar-refractivity contribution in [3.8, 4) is 5.88 Å². The molecule has 0 saturated carbocycles. The molecule has 1 aliphatic heterocycles. The third-order valence-electron chi connectivity index (χ3n) is 7.04. The SMILES string of the molecule is COc1nn(C)c2nc(C)c(CCC(=O)N3CCCC(CNC(=O)Nc4ccc(C)cc4)C3)c(C)c12. The van der Waals surface area contributed by atoms with Crippen molar-refractivity contribution in [1.82, 2.24) is 25.0 Å². The first kappa shape index (κ1) is 25.5. The van der Waals surface area contributed by atoms with Gasteiger partial charge in [-0.25, -0.2) is 14.5 Å². The molecule has 3 heterocycles. The maximum absolute atomic E-state index is 13.1. The summed E-state index contributed by atoms with van der Waals surface area (Å²) in [5, 5.41) is 11.1. The summed E-state index contributed by atoms with van der Waals surface area (Å²) in [6, 6.07) is 7.48. The number of benzene rings is 1. The number of rotatable bonds is 7. The lowest BCUT2D eigenvalue weighted by atomic mass is 9.96. The molecule has 1 atom stereocenters. The smallest absolute Gasteiger partial charge is 0.319 e. The summed E-state index contributed by atoms with van der Waals surface area (Å²) in [5.74, 6) is 0.941. The van der Waals surface area contributed by atoms with E-state index in [0.717, 1.165) is 58.5 Å². The van der Waals surface area contributed by atoms with E-state index in [-0.39, 0.29) is 17.9 Å². The molecule has 2 N–H and O–H groups in total. The van der Waals surface area contributed by atoms with Gasteiger partial charge in [0, 0.05) is 44.5 Å². The number of carbonyl (C=O) groups is 2. The van der Waals surface area contributed by atoms with E-state index in [9.17, 15) is 9.59 Å². The van der Waals surface area contributed by atoms with E-state index >= 15 is 0 Å². The van der Waals surface area contributed by atoms with Crippen LogP contribution in [0.15, 0.2) is 24.3 Å². The second kappa shape index (κ2) is 11.0. The summed E-state index contributed by atoms with van der Waals surface area (Å²) < 4.78 is 7.18. The third-order valence-corrected chi connectivity index (χ3v) is 7.04. The first-order valence-electron chi connectivity index (χ1n) is 12.5. The van der Waals surface area contributed by atoms with Gasteiger partial charge in [-0.1, -0.05) is 17.7 Å². The van der Waals surface area contributed by atoms with Gasteiger partial charge in [-0.05, 0) is 69.2 Å². The van der Waals surface area contributed by atoms with Gasteiger partial charge in [0.1, 0.15) is 0 Å². The highest BCUT2D eigenvalue weighted by molar-refractivity contribution is 5.89. The Balaban J connectivity index is 1.32. The quantitative estimate of drug-likeness (QED) is 0.521. The van der Waals surface area contributed by atoms with Crippen molar-refractivity contribution in [2.75, 3.05) is 32.1 Å². The van der Waals surface area contributed by atoms with Crippen LogP contribution >= 0.6 is 0 Å². The predicted octanol–water partition coefficient (Wildman–Crippen LogP) is 3.90. The number of nitrogens with zero attached hydrogens (tertiary/aromatic N) is 4. The topological polar surface area (TPSA) is 101 Å². The molecule has 192 valence electrons. The summed E-state index contributed by atoms with van der Waals surface area (Å²) in [7, 11) is 3.46. The highest BCUT2D eigenvalue weighted by atomic mass is 16.5. The van der Waals surface area contributed by atoms with Gasteiger partial charge in [0.2, 0.25) is 11.8 Å². The largest absolute Gasteiger partial charge is 0.479 e. The highest BCUT2D eigenvalue weighted by Gasteiger charge is 2.25. The number of aryl methyl sites for hydroxylation is 4. The lowest BCUT2D eigenvalue weighted by molar-refractivity contribution is -0.132. The number of hydrogen-bond acceptors (Lipinski definition) is 5. The summed E-state index contributed by atoms with van der Waals surface area (Å²) in [5.41, 5.74) is 5.75. The Labute approximate surface area is 212 Å². The number of aromatic nitrogens is 3. The maximum atomic E-state index is 13.1. The number of fused-ring (bicyclic) bond motifs is 1. The minimum atomic E-state index is -0.220. The minimum Gasteiger partial charge on any atom is -0.479 e. The van der Waals surface area contributed by atoms with Gasteiger partial charge >= 0.3 is 6.03 Å². The number of hydrogen-bond donors (Lipinski definition) is 2. The van der Waals surface area contributed by atoms with Crippen LogP contribution in [0.25, 0.3) is 11.0 Å². The van der Waals surface area contributed by atoms with E-state index in [1.54, 1.807) is 11.8 Å². The average Bonchev–Trinajstić information content (AvgIpc) is 3.19. The number of pyridine rings is 1. The first-order valence-corrected chi connectivity index (χ1v) is 12.5. The molecule has 0 spiro atoms. The van der Waals surface area contributed by atoms with Crippen molar-refractivity contribution in [2.45, 2.75) is 46.5 Å². The molecule has 1 unspecified atom stereocenters. The highest BCUT2D eigenvalue weighted by Crippen LogP contribution is 2.30. The second-order valence-corrected chi connectivity index (χ2v) is 9.68. The van der Waals surface area contributed by atoms with Gasteiger partial charge in [0.15, 0.2) is 5.65 Å². The molecule has 9 heteroatoms. The number of carbonyl (C=O) groups excluding carboxylic acids is 2. The maximum Gasteiger partial charge on any atom is 0.319 e. The van der Waals surface area contributed by atoms with Gasteiger partial charge in [-0.2, -0.15) is 0 Å². The lowest BCUT2D eigenvalue weighted by Crippen LogP contribution is -2.44. The zero-order valence-electron chi connectivity index (χ0n) is 21.9. The second-order valence-electron chi connectivity index (χ2n) is 9.68. The summed E-state index contributed by atoms with van der Waals surface area (Å²) in [4.78, 5) is 32.1. The molecule has 0 bridgehead atoms. The molecule has 2 aromatic heterocycles. The number of nitrogens with one attached hydrogen (secondary N) is 2. The molecule has 0 radical (unpaired) electrons. The number of likely N-dealkylation sites (tertiary alicyclic amines) is 1. The van der Waals surface area contributed by atoms with Crippen LogP contribution in [-0.2, 0) is 18.3 Å². The van der Waals surface area contributed by atoms with Gasteiger partial charge in [0.25, 0.3) is 0 Å². The number of urea groups is 1. The fraction of sp³-hybridized carbons (Fsp3) is 0.481. The van der Waals surface area contributed by atoms with Crippen molar-refractivity contribution in [2.24, 2.45) is 13.0 Å². The van der Waals surface area contributed by atoms with E-state index in [1.165, 1.54) is 0 Å². The molecular formula is C27H36N6O3. The molecule has 36 heavy (non-hydrogen) atoms. The third kappa shape index (κ3) is 5.61. The molecule has 4 rings (SSSR count). The molecular weight excluding hydrogens is 456 g/mol. The Morgan fingerprint density at radius 2 is 1.92 bits per heavy atom. The van der Waals surface area contributed by atoms with Gasteiger partial charge in [-0.15, -0.1) is 5.10 Å². The zero-order valence-corrected chi connectivity index (χ0v) is 21.9. The Kier molecular flexibility index (Phi) is 7.76. The van der Waals surface area contributed by atoms with Gasteiger partial charge < -0.3 is 20.3 Å². The molecule has 0 aliphatic carbocycles.